The van der Waals surface area contributed by atoms with E-state index >= 15 is 0 Å². The zero-order valence-corrected chi connectivity index (χ0v) is 12.4. The lowest BCUT2D eigenvalue weighted by atomic mass is 10.0. The molecule has 19 heavy (non-hydrogen) atoms. The Morgan fingerprint density at radius 1 is 0.737 bits per heavy atom. The van der Waals surface area contributed by atoms with Crippen LogP contribution in [0.3, 0.4) is 0 Å². The number of alkyl halides is 1. The molecule has 2 rings (SSSR count). The van der Waals surface area contributed by atoms with Gasteiger partial charge in [-0.15, -0.1) is 11.6 Å². The Bertz CT molecular complexity index is 359. The van der Waals surface area contributed by atoms with Crippen molar-refractivity contribution in [1.82, 2.24) is 6.15 Å². The lowest BCUT2D eigenvalue weighted by molar-refractivity contribution is 0.960. The Kier molecular flexibility index (Phi) is 11.0. The molecular formula is C17H24ClN. The Hall–Kier alpha value is -1.31. The maximum absolute atomic E-state index is 5.19. The average molecular weight is 278 g/mol. The number of rotatable bonds is 4. The Balaban J connectivity index is 0.000000576. The maximum Gasteiger partial charge on any atom is 0.0220 e. The van der Waals surface area contributed by atoms with Gasteiger partial charge in [0.15, 0.2) is 0 Å². The van der Waals surface area contributed by atoms with Gasteiger partial charge in [-0.2, -0.15) is 0 Å². The van der Waals surface area contributed by atoms with Gasteiger partial charge in [0.25, 0.3) is 0 Å². The first-order valence-corrected chi connectivity index (χ1v) is 7.04. The average Bonchev–Trinajstić information content (AvgIpc) is 2.47. The van der Waals surface area contributed by atoms with Crippen LogP contribution in [-0.4, -0.2) is 5.88 Å². The van der Waals surface area contributed by atoms with Crippen LogP contribution in [0.5, 0.6) is 0 Å². The zero-order chi connectivity index (χ0) is 13.1. The number of aryl methyl sites for hydroxylation is 2. The number of halogens is 1. The molecule has 0 amide bonds. The highest BCUT2D eigenvalue weighted by Crippen LogP contribution is 2.06. The molecule has 0 aliphatic carbocycles. The fourth-order valence-corrected chi connectivity index (χ4v) is 1.58. The molecule has 0 radical (unpaired) electrons. The van der Waals surface area contributed by atoms with E-state index in [1.54, 1.807) is 0 Å². The van der Waals surface area contributed by atoms with Gasteiger partial charge >= 0.3 is 0 Å². The van der Waals surface area contributed by atoms with Crippen molar-refractivity contribution in [3.63, 3.8) is 0 Å². The lowest BCUT2D eigenvalue weighted by Gasteiger charge is -2.01. The van der Waals surface area contributed by atoms with E-state index in [-0.39, 0.29) is 6.15 Å². The van der Waals surface area contributed by atoms with Crippen molar-refractivity contribution in [2.24, 2.45) is 0 Å². The van der Waals surface area contributed by atoms with E-state index in [1.807, 2.05) is 6.92 Å². The van der Waals surface area contributed by atoms with Gasteiger partial charge in [0.05, 0.1) is 0 Å². The molecular weight excluding hydrogens is 254 g/mol. The highest BCUT2D eigenvalue weighted by molar-refractivity contribution is 6.17. The van der Waals surface area contributed by atoms with E-state index in [9.17, 15) is 0 Å². The van der Waals surface area contributed by atoms with E-state index in [4.69, 9.17) is 11.6 Å². The third-order valence-corrected chi connectivity index (χ3v) is 2.95. The molecule has 0 bridgehead atoms. The molecule has 1 nitrogen and oxygen atoms in total. The lowest BCUT2D eigenvalue weighted by Crippen LogP contribution is -1.89. The molecule has 0 fully saturated rings. The van der Waals surface area contributed by atoms with E-state index in [1.165, 1.54) is 11.1 Å². The Morgan fingerprint density at radius 3 is 1.32 bits per heavy atom. The number of benzene rings is 2. The maximum atomic E-state index is 5.19. The van der Waals surface area contributed by atoms with Crippen molar-refractivity contribution < 1.29 is 0 Å². The molecule has 0 saturated heterocycles. The molecule has 3 N–H and O–H groups in total. The van der Waals surface area contributed by atoms with E-state index in [2.05, 4.69) is 60.7 Å². The summed E-state index contributed by atoms with van der Waals surface area (Å²) in [4.78, 5) is 0. The van der Waals surface area contributed by atoms with Crippen molar-refractivity contribution in [2.45, 2.75) is 26.2 Å². The topological polar surface area (TPSA) is 35.0 Å². The number of hydrogen-bond acceptors (Lipinski definition) is 1. The summed E-state index contributed by atoms with van der Waals surface area (Å²) >= 11 is 5.19. The van der Waals surface area contributed by atoms with Gasteiger partial charge in [-0.1, -0.05) is 67.6 Å². The van der Waals surface area contributed by atoms with E-state index < -0.39 is 0 Å². The summed E-state index contributed by atoms with van der Waals surface area (Å²) in [5.41, 5.74) is 2.83. The van der Waals surface area contributed by atoms with Crippen LogP contribution < -0.4 is 6.15 Å². The highest BCUT2D eigenvalue weighted by atomic mass is 35.5. The largest absolute Gasteiger partial charge is 0.344 e. The van der Waals surface area contributed by atoms with Crippen LogP contribution in [0.25, 0.3) is 0 Å². The molecule has 2 aromatic rings. The van der Waals surface area contributed by atoms with Crippen molar-refractivity contribution in [1.29, 1.82) is 0 Å². The fourth-order valence-electron chi connectivity index (χ4n) is 1.58. The van der Waals surface area contributed by atoms with Gasteiger partial charge in [-0.05, 0) is 30.4 Å². The van der Waals surface area contributed by atoms with Crippen LogP contribution in [0, 0.1) is 0 Å². The van der Waals surface area contributed by atoms with Gasteiger partial charge in [0.1, 0.15) is 0 Å². The van der Waals surface area contributed by atoms with Gasteiger partial charge < -0.3 is 6.15 Å². The minimum atomic E-state index is 0. The molecule has 0 unspecified atom stereocenters. The predicted molar refractivity (Wildman–Crippen MR) is 86.3 cm³/mol. The van der Waals surface area contributed by atoms with Crippen molar-refractivity contribution in [2.75, 3.05) is 5.88 Å². The van der Waals surface area contributed by atoms with Crippen LogP contribution in [0.1, 0.15) is 24.5 Å². The van der Waals surface area contributed by atoms with Crippen LogP contribution >= 0.6 is 11.6 Å². The first kappa shape index (κ1) is 17.7. The first-order chi connectivity index (χ1) is 8.86. The molecule has 0 spiro atoms. The van der Waals surface area contributed by atoms with Crippen molar-refractivity contribution in [3.05, 3.63) is 71.8 Å². The van der Waals surface area contributed by atoms with E-state index in [0.29, 0.717) is 0 Å². The summed E-state index contributed by atoms with van der Waals surface area (Å²) in [5.74, 6) is 0.792. The molecule has 0 aliphatic heterocycles. The summed E-state index contributed by atoms with van der Waals surface area (Å²) in [7, 11) is 0. The third-order valence-electron chi connectivity index (χ3n) is 2.58. The summed E-state index contributed by atoms with van der Waals surface area (Å²) in [6.07, 6.45) is 3.34. The van der Waals surface area contributed by atoms with Crippen LogP contribution in [0.4, 0.5) is 0 Å². The van der Waals surface area contributed by atoms with Gasteiger partial charge in [-0.25, -0.2) is 0 Å². The molecule has 0 aromatic heterocycles. The standard InChI is InChI=1S/C14H14.C3H7Cl.H3N/c1-3-7-13(8-4-1)11-12-14-9-5-2-6-10-14;1-2-3-4;/h1-10H,11-12H2;2-3H2,1H3;1H3. The Labute approximate surface area is 122 Å². The quantitative estimate of drug-likeness (QED) is 0.759. The predicted octanol–water partition coefficient (Wildman–Crippen LogP) is 5.27. The molecule has 2 heteroatoms. The van der Waals surface area contributed by atoms with Crippen molar-refractivity contribution >= 4 is 11.6 Å². The van der Waals surface area contributed by atoms with Crippen LogP contribution in [-0.2, 0) is 12.8 Å². The summed E-state index contributed by atoms with van der Waals surface area (Å²) < 4.78 is 0. The highest BCUT2D eigenvalue weighted by Gasteiger charge is 1.93. The smallest absolute Gasteiger partial charge is 0.0220 e. The van der Waals surface area contributed by atoms with Gasteiger partial charge in [0, 0.05) is 5.88 Å². The summed E-state index contributed by atoms with van der Waals surface area (Å²) in [5, 5.41) is 0. The molecule has 0 aliphatic rings. The monoisotopic (exact) mass is 277 g/mol. The molecule has 2 aromatic carbocycles. The second-order valence-electron chi connectivity index (χ2n) is 4.16. The molecule has 0 atom stereocenters. The van der Waals surface area contributed by atoms with Crippen LogP contribution in [0.15, 0.2) is 60.7 Å². The van der Waals surface area contributed by atoms with Gasteiger partial charge in [-0.3, -0.25) is 0 Å². The first-order valence-electron chi connectivity index (χ1n) is 6.50. The Morgan fingerprint density at radius 2 is 1.05 bits per heavy atom. The van der Waals surface area contributed by atoms with Crippen molar-refractivity contribution in [3.8, 4) is 0 Å². The van der Waals surface area contributed by atoms with Gasteiger partial charge in [0.2, 0.25) is 0 Å². The van der Waals surface area contributed by atoms with Crippen LogP contribution in [0.2, 0.25) is 0 Å². The van der Waals surface area contributed by atoms with E-state index in [0.717, 1.165) is 25.1 Å². The summed E-state index contributed by atoms with van der Waals surface area (Å²) in [6, 6.07) is 21.2. The molecule has 104 valence electrons. The SMILES string of the molecule is CCCCl.N.c1ccc(CCc2ccccc2)cc1. The molecule has 0 heterocycles. The normalized spacial score (nSPS) is 8.95. The third kappa shape index (κ3) is 8.41. The zero-order valence-electron chi connectivity index (χ0n) is 11.7. The summed E-state index contributed by atoms with van der Waals surface area (Å²) in [6.45, 7) is 2.05. The number of hydrogen-bond donors (Lipinski definition) is 1. The second-order valence-corrected chi connectivity index (χ2v) is 4.54. The molecule has 0 saturated carbocycles. The fraction of sp³-hybridized carbons (Fsp3) is 0.294. The minimum absolute atomic E-state index is 0. The minimum Gasteiger partial charge on any atom is -0.344 e. The second kappa shape index (κ2) is 11.8.